The van der Waals surface area contributed by atoms with Gasteiger partial charge in [-0.1, -0.05) is 69.7 Å². The molecule has 0 fully saturated rings. The van der Waals surface area contributed by atoms with Gasteiger partial charge in [-0.3, -0.25) is 0 Å². The molecule has 0 spiro atoms. The molecule has 0 amide bonds. The Balaban J connectivity index is 0.00000106. The van der Waals surface area contributed by atoms with Gasteiger partial charge in [0.25, 0.3) is 0 Å². The van der Waals surface area contributed by atoms with Crippen molar-refractivity contribution in [2.45, 2.75) is 33.6 Å². The van der Waals surface area contributed by atoms with Crippen LogP contribution in [0.15, 0.2) is 42.5 Å². The van der Waals surface area contributed by atoms with Crippen LogP contribution in [0.25, 0.3) is 12.2 Å². The molecule has 0 heterocycles. The van der Waals surface area contributed by atoms with Gasteiger partial charge in [0.1, 0.15) is 11.6 Å². The van der Waals surface area contributed by atoms with E-state index in [-0.39, 0.29) is 11.6 Å². The second-order valence-electron chi connectivity index (χ2n) is 4.49. The van der Waals surface area contributed by atoms with Gasteiger partial charge in [0.2, 0.25) is 0 Å². The van der Waals surface area contributed by atoms with E-state index < -0.39 is 0 Å². The number of rotatable bonds is 4. The summed E-state index contributed by atoms with van der Waals surface area (Å²) < 4.78 is 13.8. The van der Waals surface area contributed by atoms with E-state index in [1.54, 1.807) is 12.1 Å². The minimum absolute atomic E-state index is 0.0366. The van der Waals surface area contributed by atoms with Crippen LogP contribution in [0.5, 0.6) is 5.75 Å². The first-order valence-corrected chi connectivity index (χ1v) is 7.45. The average Bonchev–Trinajstić information content (AvgIpc) is 2.52. The second-order valence-corrected chi connectivity index (χ2v) is 4.49. The molecule has 1 nitrogen and oxygen atoms in total. The molecule has 2 aromatic carbocycles. The lowest BCUT2D eigenvalue weighted by molar-refractivity contribution is 0.458. The van der Waals surface area contributed by atoms with Crippen molar-refractivity contribution in [3.05, 3.63) is 65.0 Å². The highest BCUT2D eigenvalue weighted by Crippen LogP contribution is 2.25. The molecule has 0 aliphatic rings. The van der Waals surface area contributed by atoms with Crippen molar-refractivity contribution in [1.29, 1.82) is 0 Å². The van der Waals surface area contributed by atoms with Crippen molar-refractivity contribution in [3.63, 3.8) is 0 Å². The quantitative estimate of drug-likeness (QED) is 0.717. The number of hydrogen-bond donors (Lipinski definition) is 1. The highest BCUT2D eigenvalue weighted by atomic mass is 19.1. The van der Waals surface area contributed by atoms with Crippen LogP contribution in [-0.4, -0.2) is 5.11 Å². The van der Waals surface area contributed by atoms with Crippen LogP contribution >= 0.6 is 0 Å². The van der Waals surface area contributed by atoms with Crippen molar-refractivity contribution >= 4 is 12.2 Å². The van der Waals surface area contributed by atoms with Gasteiger partial charge in [-0.2, -0.15) is 0 Å². The third-order valence-corrected chi connectivity index (χ3v) is 2.96. The zero-order valence-electron chi connectivity index (χ0n) is 12.9. The Hall–Kier alpha value is -2.09. The molecule has 0 aromatic heterocycles. The molecular weight excluding hydrogens is 263 g/mol. The minimum Gasteiger partial charge on any atom is -0.508 e. The molecule has 0 bridgehead atoms. The summed E-state index contributed by atoms with van der Waals surface area (Å²) in [5, 5.41) is 9.83. The molecule has 0 atom stereocenters. The number of halogens is 1. The number of aromatic hydroxyl groups is 1. The third kappa shape index (κ3) is 5.07. The lowest BCUT2D eigenvalue weighted by atomic mass is 10.0. The predicted octanol–water partition coefficient (Wildman–Crippen LogP) is 5.68. The van der Waals surface area contributed by atoms with Gasteiger partial charge >= 0.3 is 0 Å². The Kier molecular flexibility index (Phi) is 7.24. The molecule has 0 saturated carbocycles. The van der Waals surface area contributed by atoms with E-state index in [1.807, 2.05) is 57.2 Å². The topological polar surface area (TPSA) is 20.2 Å². The molecule has 1 N–H and O–H groups in total. The van der Waals surface area contributed by atoms with E-state index in [9.17, 15) is 9.50 Å². The van der Waals surface area contributed by atoms with E-state index in [2.05, 4.69) is 0 Å². The SMILES string of the molecule is CC.CCCc1c(O)cc(/C=C/c2ccccc2)cc1F. The maximum atomic E-state index is 13.8. The summed E-state index contributed by atoms with van der Waals surface area (Å²) in [4.78, 5) is 0. The molecule has 0 aliphatic heterocycles. The summed E-state index contributed by atoms with van der Waals surface area (Å²) in [5.74, 6) is -0.302. The van der Waals surface area contributed by atoms with Gasteiger partial charge in [0.05, 0.1) is 0 Å². The number of phenolic OH excluding ortho intramolecular Hbond substituents is 1. The van der Waals surface area contributed by atoms with Crippen molar-refractivity contribution in [3.8, 4) is 5.75 Å². The van der Waals surface area contributed by atoms with E-state index >= 15 is 0 Å². The smallest absolute Gasteiger partial charge is 0.130 e. The summed E-state index contributed by atoms with van der Waals surface area (Å²) in [5.41, 5.74) is 2.11. The van der Waals surface area contributed by atoms with Crippen molar-refractivity contribution in [2.24, 2.45) is 0 Å². The standard InChI is InChI=1S/C17H17FO.C2H6/c1-2-6-15-16(18)11-14(12-17(15)19)10-9-13-7-4-3-5-8-13;1-2/h3-5,7-12,19H,2,6H2,1H3;1-2H3/b10-9+;. The minimum atomic E-state index is -0.338. The monoisotopic (exact) mass is 286 g/mol. The van der Waals surface area contributed by atoms with Gasteiger partial charge in [0.15, 0.2) is 0 Å². The molecule has 0 saturated heterocycles. The van der Waals surface area contributed by atoms with Gasteiger partial charge in [-0.05, 0) is 29.7 Å². The molecule has 0 radical (unpaired) electrons. The second kappa shape index (κ2) is 8.96. The van der Waals surface area contributed by atoms with Crippen LogP contribution in [0.1, 0.15) is 43.9 Å². The zero-order valence-corrected chi connectivity index (χ0v) is 12.9. The highest BCUT2D eigenvalue weighted by molar-refractivity contribution is 5.70. The fourth-order valence-electron chi connectivity index (χ4n) is 1.99. The van der Waals surface area contributed by atoms with Crippen LogP contribution in [0, 0.1) is 5.82 Å². The fraction of sp³-hybridized carbons (Fsp3) is 0.263. The molecule has 112 valence electrons. The Morgan fingerprint density at radius 1 is 1.00 bits per heavy atom. The van der Waals surface area contributed by atoms with Gasteiger partial charge in [0, 0.05) is 5.56 Å². The number of hydrogen-bond acceptors (Lipinski definition) is 1. The Bertz CT molecular complexity index is 550. The summed E-state index contributed by atoms with van der Waals surface area (Å²) in [6, 6.07) is 12.8. The van der Waals surface area contributed by atoms with Crippen LogP contribution in [-0.2, 0) is 6.42 Å². The molecule has 0 aliphatic carbocycles. The van der Waals surface area contributed by atoms with Gasteiger partial charge in [-0.25, -0.2) is 4.39 Å². The van der Waals surface area contributed by atoms with E-state index in [0.29, 0.717) is 17.5 Å². The van der Waals surface area contributed by atoms with Gasteiger partial charge < -0.3 is 5.11 Å². The molecule has 2 aromatic rings. The third-order valence-electron chi connectivity index (χ3n) is 2.96. The maximum absolute atomic E-state index is 13.8. The van der Waals surface area contributed by atoms with Crippen molar-refractivity contribution in [2.75, 3.05) is 0 Å². The lowest BCUT2D eigenvalue weighted by Crippen LogP contribution is -1.91. The first-order valence-electron chi connectivity index (χ1n) is 7.45. The molecule has 0 unspecified atom stereocenters. The summed E-state index contributed by atoms with van der Waals surface area (Å²) >= 11 is 0. The Morgan fingerprint density at radius 3 is 2.19 bits per heavy atom. The lowest BCUT2D eigenvalue weighted by Gasteiger charge is -2.06. The average molecular weight is 286 g/mol. The largest absolute Gasteiger partial charge is 0.508 e. The zero-order chi connectivity index (χ0) is 15.7. The van der Waals surface area contributed by atoms with Crippen molar-refractivity contribution < 1.29 is 9.50 Å². The summed E-state index contributed by atoms with van der Waals surface area (Å²) in [6.45, 7) is 5.96. The van der Waals surface area contributed by atoms with E-state index in [4.69, 9.17) is 0 Å². The van der Waals surface area contributed by atoms with Crippen LogP contribution in [0.2, 0.25) is 0 Å². The molecule has 21 heavy (non-hydrogen) atoms. The van der Waals surface area contributed by atoms with E-state index in [1.165, 1.54) is 6.07 Å². The van der Waals surface area contributed by atoms with Crippen LogP contribution in [0.4, 0.5) is 4.39 Å². The number of benzene rings is 2. The Morgan fingerprint density at radius 2 is 1.62 bits per heavy atom. The molecule has 2 heteroatoms. The Labute approximate surface area is 126 Å². The number of phenols is 1. The summed E-state index contributed by atoms with van der Waals surface area (Å²) in [7, 11) is 0. The van der Waals surface area contributed by atoms with Gasteiger partial charge in [-0.15, -0.1) is 0 Å². The summed E-state index contributed by atoms with van der Waals surface area (Å²) in [6.07, 6.45) is 5.06. The highest BCUT2D eigenvalue weighted by Gasteiger charge is 2.08. The maximum Gasteiger partial charge on any atom is 0.130 e. The molecule has 2 rings (SSSR count). The van der Waals surface area contributed by atoms with Crippen LogP contribution in [0.3, 0.4) is 0 Å². The van der Waals surface area contributed by atoms with Crippen LogP contribution < -0.4 is 0 Å². The fourth-order valence-corrected chi connectivity index (χ4v) is 1.99. The first-order chi connectivity index (χ1) is 10.2. The normalized spacial score (nSPS) is 10.3. The first kappa shape index (κ1) is 17.0. The predicted molar refractivity (Wildman–Crippen MR) is 88.8 cm³/mol. The molecular formula is C19H23FO. The van der Waals surface area contributed by atoms with Crippen molar-refractivity contribution in [1.82, 2.24) is 0 Å². The van der Waals surface area contributed by atoms with E-state index in [0.717, 1.165) is 12.0 Å².